The van der Waals surface area contributed by atoms with Gasteiger partial charge in [-0.3, -0.25) is 29.3 Å². The summed E-state index contributed by atoms with van der Waals surface area (Å²) in [4.78, 5) is 49.8. The predicted octanol–water partition coefficient (Wildman–Crippen LogP) is 4.39. The van der Waals surface area contributed by atoms with Gasteiger partial charge in [0.2, 0.25) is 0 Å². The molecule has 3 aromatic carbocycles. The number of nitrogens with zero attached hydrogens (tertiary/aromatic N) is 3. The molecule has 1 aliphatic heterocycles. The van der Waals surface area contributed by atoms with Gasteiger partial charge in [0.05, 0.1) is 11.1 Å². The van der Waals surface area contributed by atoms with Crippen molar-refractivity contribution >= 4 is 50.0 Å². The van der Waals surface area contributed by atoms with E-state index in [1.807, 2.05) is 30.3 Å². The molecule has 0 fully saturated rings. The molecule has 32 heavy (non-hydrogen) atoms. The molecule has 6 rings (SSSR count). The van der Waals surface area contributed by atoms with Crippen LogP contribution in [0.15, 0.2) is 73.2 Å². The zero-order chi connectivity index (χ0) is 22.0. The summed E-state index contributed by atoms with van der Waals surface area (Å²) in [5.41, 5.74) is 2.02. The van der Waals surface area contributed by atoms with Crippen LogP contribution in [0.3, 0.4) is 0 Å². The minimum Gasteiger partial charge on any atom is -0.289 e. The number of carbonyl (C=O) groups excluding carboxylic acids is 3. The number of carbonyl (C=O) groups is 3. The molecule has 3 heterocycles. The highest BCUT2D eigenvalue weighted by molar-refractivity contribution is 6.37. The molecule has 2 amide bonds. The normalized spacial score (nSPS) is 13.3. The molecule has 0 saturated heterocycles. The number of imide groups is 1. The molecule has 0 saturated carbocycles. The van der Waals surface area contributed by atoms with Crippen LogP contribution in [0.5, 0.6) is 0 Å². The fraction of sp³-hybridized carbons (Fsp3) is 0.0385. The molecule has 6 heteroatoms. The molecular weight excluding hydrogens is 402 g/mol. The summed E-state index contributed by atoms with van der Waals surface area (Å²) in [5, 5.41) is 3.50. The highest BCUT2D eigenvalue weighted by Crippen LogP contribution is 2.41. The van der Waals surface area contributed by atoms with Crippen molar-refractivity contribution in [2.24, 2.45) is 0 Å². The van der Waals surface area contributed by atoms with Gasteiger partial charge in [-0.15, -0.1) is 0 Å². The van der Waals surface area contributed by atoms with Crippen LogP contribution >= 0.6 is 0 Å². The van der Waals surface area contributed by atoms with Crippen molar-refractivity contribution in [3.8, 4) is 0 Å². The summed E-state index contributed by atoms with van der Waals surface area (Å²) in [7, 11) is 1.44. The van der Waals surface area contributed by atoms with Crippen LogP contribution in [0, 0.1) is 0 Å². The first-order valence-electron chi connectivity index (χ1n) is 10.1. The Labute approximate surface area is 182 Å². The van der Waals surface area contributed by atoms with E-state index < -0.39 is 5.91 Å². The molecule has 6 nitrogen and oxygen atoms in total. The van der Waals surface area contributed by atoms with E-state index in [0.717, 1.165) is 26.6 Å². The van der Waals surface area contributed by atoms with Gasteiger partial charge < -0.3 is 0 Å². The average Bonchev–Trinajstić information content (AvgIpc) is 2.85. The van der Waals surface area contributed by atoms with Crippen molar-refractivity contribution < 1.29 is 14.4 Å². The van der Waals surface area contributed by atoms with E-state index in [9.17, 15) is 14.4 Å². The van der Waals surface area contributed by atoms with Crippen molar-refractivity contribution in [1.29, 1.82) is 0 Å². The third-order valence-electron chi connectivity index (χ3n) is 6.08. The van der Waals surface area contributed by atoms with Gasteiger partial charge in [0.25, 0.3) is 11.8 Å². The van der Waals surface area contributed by atoms with Crippen molar-refractivity contribution in [2.75, 3.05) is 7.05 Å². The molecule has 0 bridgehead atoms. The number of pyridine rings is 2. The standard InChI is InChI=1S/C26H15N3O3/c1-29-25(31)17-9-4-8-16-20-15-7-2-3-10-19(15)28-13-18(20)22(23(21(16)17)26(29)32)24(30)14-6-5-11-27-12-14/h2-13H,1H3. The van der Waals surface area contributed by atoms with Gasteiger partial charge in [-0.2, -0.15) is 0 Å². The Morgan fingerprint density at radius 3 is 2.44 bits per heavy atom. The van der Waals surface area contributed by atoms with Crippen LogP contribution < -0.4 is 0 Å². The molecule has 0 radical (unpaired) electrons. The van der Waals surface area contributed by atoms with E-state index in [-0.39, 0.29) is 22.8 Å². The second-order valence-corrected chi connectivity index (χ2v) is 7.78. The summed E-state index contributed by atoms with van der Waals surface area (Å²) in [6.45, 7) is 0. The highest BCUT2D eigenvalue weighted by atomic mass is 16.2. The quantitative estimate of drug-likeness (QED) is 0.242. The summed E-state index contributed by atoms with van der Waals surface area (Å²) in [5.74, 6) is -1.21. The van der Waals surface area contributed by atoms with Gasteiger partial charge in [-0.05, 0) is 29.7 Å². The molecule has 0 atom stereocenters. The molecule has 0 spiro atoms. The first-order chi connectivity index (χ1) is 15.6. The van der Waals surface area contributed by atoms with Crippen molar-refractivity contribution in [1.82, 2.24) is 14.9 Å². The second-order valence-electron chi connectivity index (χ2n) is 7.78. The molecule has 2 aromatic heterocycles. The summed E-state index contributed by atoms with van der Waals surface area (Å²) >= 11 is 0. The lowest BCUT2D eigenvalue weighted by molar-refractivity contribution is 0.0648. The summed E-state index contributed by atoms with van der Waals surface area (Å²) in [6.07, 6.45) is 4.71. The van der Waals surface area contributed by atoms with Crippen molar-refractivity contribution in [3.05, 3.63) is 95.4 Å². The Kier molecular flexibility index (Phi) is 3.74. The number of amides is 2. The monoisotopic (exact) mass is 417 g/mol. The second kappa shape index (κ2) is 6.52. The number of aromatic nitrogens is 2. The number of ketones is 1. The smallest absolute Gasteiger partial charge is 0.261 e. The predicted molar refractivity (Wildman–Crippen MR) is 121 cm³/mol. The van der Waals surface area contributed by atoms with Crippen LogP contribution in [0.4, 0.5) is 0 Å². The Morgan fingerprint density at radius 2 is 1.62 bits per heavy atom. The van der Waals surface area contributed by atoms with Crippen LogP contribution in [-0.4, -0.2) is 39.5 Å². The van der Waals surface area contributed by atoms with Crippen LogP contribution in [-0.2, 0) is 0 Å². The Morgan fingerprint density at radius 1 is 0.812 bits per heavy atom. The lowest BCUT2D eigenvalue weighted by atomic mass is 9.83. The van der Waals surface area contributed by atoms with Crippen LogP contribution in [0.1, 0.15) is 36.6 Å². The minimum absolute atomic E-state index is 0.233. The van der Waals surface area contributed by atoms with E-state index in [4.69, 9.17) is 0 Å². The Bertz CT molecular complexity index is 1640. The minimum atomic E-state index is -0.499. The largest absolute Gasteiger partial charge is 0.289 e. The first-order valence-corrected chi connectivity index (χ1v) is 10.1. The maximum absolute atomic E-state index is 13.8. The first kappa shape index (κ1) is 18.3. The Hall–Kier alpha value is -4.45. The Balaban J connectivity index is 1.91. The molecule has 0 aliphatic carbocycles. The van der Waals surface area contributed by atoms with Crippen LogP contribution in [0.25, 0.3) is 32.4 Å². The molecule has 152 valence electrons. The number of para-hydroxylation sites is 1. The zero-order valence-electron chi connectivity index (χ0n) is 17.0. The molecule has 0 N–H and O–H groups in total. The van der Waals surface area contributed by atoms with Gasteiger partial charge >= 0.3 is 0 Å². The van der Waals surface area contributed by atoms with Gasteiger partial charge in [-0.25, -0.2) is 0 Å². The fourth-order valence-electron chi connectivity index (χ4n) is 4.62. The van der Waals surface area contributed by atoms with Gasteiger partial charge in [0.1, 0.15) is 0 Å². The third kappa shape index (κ3) is 2.32. The number of benzene rings is 3. The van der Waals surface area contributed by atoms with E-state index >= 15 is 0 Å². The summed E-state index contributed by atoms with van der Waals surface area (Å²) in [6, 6.07) is 16.4. The SMILES string of the molecule is CN1C(=O)c2cccc3c2c(c(C(=O)c2cccnc2)c2cnc4ccccc4c23)C1=O. The van der Waals surface area contributed by atoms with E-state index in [1.54, 1.807) is 36.7 Å². The third-order valence-corrected chi connectivity index (χ3v) is 6.08. The summed E-state index contributed by atoms with van der Waals surface area (Å²) < 4.78 is 0. The van der Waals surface area contributed by atoms with Crippen LogP contribution in [0.2, 0.25) is 0 Å². The molecule has 1 aliphatic rings. The number of hydrogen-bond acceptors (Lipinski definition) is 5. The number of fused-ring (bicyclic) bond motifs is 4. The van der Waals surface area contributed by atoms with E-state index in [2.05, 4.69) is 9.97 Å². The van der Waals surface area contributed by atoms with Gasteiger partial charge in [-0.1, -0.05) is 30.3 Å². The van der Waals surface area contributed by atoms with Crippen molar-refractivity contribution in [2.45, 2.75) is 0 Å². The molecular formula is C26H15N3O3. The van der Waals surface area contributed by atoms with Crippen molar-refractivity contribution in [3.63, 3.8) is 0 Å². The van der Waals surface area contributed by atoms with Gasteiger partial charge in [0.15, 0.2) is 5.78 Å². The maximum Gasteiger partial charge on any atom is 0.261 e. The van der Waals surface area contributed by atoms with Gasteiger partial charge in [0, 0.05) is 63.9 Å². The molecule has 5 aromatic rings. The fourth-order valence-corrected chi connectivity index (χ4v) is 4.62. The highest BCUT2D eigenvalue weighted by Gasteiger charge is 2.36. The topological polar surface area (TPSA) is 80.2 Å². The number of hydrogen-bond donors (Lipinski definition) is 0. The maximum atomic E-state index is 13.8. The van der Waals surface area contributed by atoms with E-state index in [0.29, 0.717) is 21.9 Å². The lowest BCUT2D eigenvalue weighted by Gasteiger charge is -2.27. The number of rotatable bonds is 2. The average molecular weight is 417 g/mol. The molecule has 0 unspecified atom stereocenters. The lowest BCUT2D eigenvalue weighted by Crippen LogP contribution is -2.38. The zero-order valence-corrected chi connectivity index (χ0v) is 17.0. The van der Waals surface area contributed by atoms with E-state index in [1.165, 1.54) is 13.2 Å².